The van der Waals surface area contributed by atoms with Crippen LogP contribution in [0.25, 0.3) is 10.9 Å². The van der Waals surface area contributed by atoms with Crippen molar-refractivity contribution in [2.75, 3.05) is 45.8 Å². The van der Waals surface area contributed by atoms with Crippen molar-refractivity contribution in [1.29, 1.82) is 0 Å². The Labute approximate surface area is 157 Å². The maximum atomic E-state index is 12.2. The summed E-state index contributed by atoms with van der Waals surface area (Å²) in [5.74, 6) is 0.161. The van der Waals surface area contributed by atoms with Crippen LogP contribution in [-0.4, -0.2) is 66.1 Å². The summed E-state index contributed by atoms with van der Waals surface area (Å²) in [5.41, 5.74) is 2.48. The van der Waals surface area contributed by atoms with Gasteiger partial charge < -0.3 is 19.7 Å². The van der Waals surface area contributed by atoms with Crippen LogP contribution >= 0.6 is 0 Å². The predicted octanol–water partition coefficient (Wildman–Crippen LogP) is 2.25. The van der Waals surface area contributed by atoms with Gasteiger partial charge in [0.1, 0.15) is 0 Å². The number of rotatable bonds is 8. The fourth-order valence-electron chi connectivity index (χ4n) is 3.82. The number of benzene rings is 1. The van der Waals surface area contributed by atoms with E-state index in [0.29, 0.717) is 6.42 Å². The number of likely N-dealkylation sites (N-methyl/N-ethyl adjacent to an activating group) is 1. The Bertz CT molecular complexity index is 716. The molecule has 0 atom stereocenters. The molecule has 2 heterocycles. The molecule has 0 radical (unpaired) electrons. The molecule has 0 bridgehead atoms. The number of aromatic nitrogens is 1. The average molecular weight is 357 g/mol. The minimum atomic E-state index is 0.161. The van der Waals surface area contributed by atoms with E-state index < -0.39 is 0 Å². The molecule has 0 unspecified atom stereocenters. The maximum Gasteiger partial charge on any atom is 0.220 e. The number of hydrogen-bond donors (Lipinski definition) is 1. The van der Waals surface area contributed by atoms with Crippen molar-refractivity contribution in [2.24, 2.45) is 7.05 Å². The smallest absolute Gasteiger partial charge is 0.220 e. The average Bonchev–Trinajstić information content (AvgIpc) is 3.00. The fraction of sp³-hybridized carbons (Fsp3) is 0.571. The lowest BCUT2D eigenvalue weighted by Crippen LogP contribution is -2.46. The Morgan fingerprint density at radius 2 is 1.85 bits per heavy atom. The van der Waals surface area contributed by atoms with Crippen molar-refractivity contribution in [3.05, 3.63) is 36.0 Å². The van der Waals surface area contributed by atoms with E-state index >= 15 is 0 Å². The lowest BCUT2D eigenvalue weighted by molar-refractivity contribution is -0.121. The SMILES string of the molecule is CCN1CCN(CCCNC(=O)CCc2cn(C)c3ccccc23)CC1. The monoisotopic (exact) mass is 356 g/mol. The van der Waals surface area contributed by atoms with Crippen LogP contribution in [0.1, 0.15) is 25.3 Å². The second kappa shape index (κ2) is 9.19. The number of nitrogens with one attached hydrogen (secondary N) is 1. The minimum Gasteiger partial charge on any atom is -0.356 e. The molecule has 26 heavy (non-hydrogen) atoms. The predicted molar refractivity (Wildman–Crippen MR) is 107 cm³/mol. The molecular formula is C21H32N4O. The van der Waals surface area contributed by atoms with Gasteiger partial charge in [0.25, 0.3) is 0 Å². The van der Waals surface area contributed by atoms with E-state index in [1.54, 1.807) is 0 Å². The second-order valence-corrected chi connectivity index (χ2v) is 7.26. The number of carbonyl (C=O) groups excluding carboxylic acids is 1. The quantitative estimate of drug-likeness (QED) is 0.738. The summed E-state index contributed by atoms with van der Waals surface area (Å²) in [5, 5.41) is 4.34. The number of fused-ring (bicyclic) bond motifs is 1. The van der Waals surface area contributed by atoms with Gasteiger partial charge in [-0.05, 0) is 37.6 Å². The third kappa shape index (κ3) is 4.86. The highest BCUT2D eigenvalue weighted by atomic mass is 16.1. The zero-order chi connectivity index (χ0) is 18.4. The largest absolute Gasteiger partial charge is 0.356 e. The molecule has 5 heteroatoms. The lowest BCUT2D eigenvalue weighted by Gasteiger charge is -2.33. The van der Waals surface area contributed by atoms with Crippen LogP contribution in [-0.2, 0) is 18.3 Å². The highest BCUT2D eigenvalue weighted by Gasteiger charge is 2.14. The van der Waals surface area contributed by atoms with Gasteiger partial charge in [-0.25, -0.2) is 0 Å². The summed E-state index contributed by atoms with van der Waals surface area (Å²) in [6.07, 6.45) is 4.54. The van der Waals surface area contributed by atoms with Crippen LogP contribution in [0.4, 0.5) is 0 Å². The summed E-state index contributed by atoms with van der Waals surface area (Å²) in [6.45, 7) is 9.90. The maximum absolute atomic E-state index is 12.2. The molecule has 0 spiro atoms. The van der Waals surface area contributed by atoms with Gasteiger partial charge in [-0.2, -0.15) is 0 Å². The topological polar surface area (TPSA) is 40.5 Å². The normalized spacial score (nSPS) is 16.2. The van der Waals surface area contributed by atoms with Crippen molar-refractivity contribution >= 4 is 16.8 Å². The molecule has 1 aromatic heterocycles. The highest BCUT2D eigenvalue weighted by Crippen LogP contribution is 2.21. The first-order chi connectivity index (χ1) is 12.7. The van der Waals surface area contributed by atoms with Gasteiger partial charge in [-0.1, -0.05) is 25.1 Å². The van der Waals surface area contributed by atoms with Crippen molar-refractivity contribution in [2.45, 2.75) is 26.2 Å². The van der Waals surface area contributed by atoms with Crippen LogP contribution in [0.5, 0.6) is 0 Å². The van der Waals surface area contributed by atoms with Crippen molar-refractivity contribution in [3.63, 3.8) is 0 Å². The van der Waals surface area contributed by atoms with Gasteiger partial charge in [0, 0.05) is 63.3 Å². The first-order valence-electron chi connectivity index (χ1n) is 9.91. The van der Waals surface area contributed by atoms with Crippen LogP contribution in [0.3, 0.4) is 0 Å². The van der Waals surface area contributed by atoms with E-state index in [1.807, 2.05) is 0 Å². The van der Waals surface area contributed by atoms with Crippen molar-refractivity contribution in [3.8, 4) is 0 Å². The molecule has 142 valence electrons. The van der Waals surface area contributed by atoms with E-state index in [4.69, 9.17) is 0 Å². The van der Waals surface area contributed by atoms with E-state index in [9.17, 15) is 4.79 Å². The van der Waals surface area contributed by atoms with Crippen LogP contribution in [0.15, 0.2) is 30.5 Å². The van der Waals surface area contributed by atoms with Gasteiger partial charge in [-0.3, -0.25) is 4.79 Å². The highest BCUT2D eigenvalue weighted by molar-refractivity contribution is 5.84. The molecule has 5 nitrogen and oxygen atoms in total. The molecule has 2 aromatic rings. The summed E-state index contributed by atoms with van der Waals surface area (Å²) in [6, 6.07) is 8.38. The number of carbonyl (C=O) groups is 1. The Balaban J connectivity index is 1.34. The zero-order valence-electron chi connectivity index (χ0n) is 16.2. The third-order valence-corrected chi connectivity index (χ3v) is 5.49. The molecule has 1 aliphatic heterocycles. The number of para-hydroxylation sites is 1. The second-order valence-electron chi connectivity index (χ2n) is 7.26. The molecule has 1 aromatic carbocycles. The first kappa shape index (κ1) is 18.9. The van der Waals surface area contributed by atoms with E-state index in [1.165, 1.54) is 29.6 Å². The molecule has 1 amide bonds. The summed E-state index contributed by atoms with van der Waals surface area (Å²) < 4.78 is 2.14. The number of aryl methyl sites for hydroxylation is 2. The van der Waals surface area contributed by atoms with Crippen LogP contribution in [0, 0.1) is 0 Å². The third-order valence-electron chi connectivity index (χ3n) is 5.49. The number of hydrogen-bond acceptors (Lipinski definition) is 3. The summed E-state index contributed by atoms with van der Waals surface area (Å²) >= 11 is 0. The number of piperazine rings is 1. The minimum absolute atomic E-state index is 0.161. The molecule has 3 rings (SSSR count). The molecule has 1 fully saturated rings. The van der Waals surface area contributed by atoms with Crippen LogP contribution in [0.2, 0.25) is 0 Å². The molecule has 0 saturated carbocycles. The Hall–Kier alpha value is -1.85. The Morgan fingerprint density at radius 1 is 1.12 bits per heavy atom. The molecule has 0 aliphatic carbocycles. The van der Waals surface area contributed by atoms with Gasteiger partial charge in [0.2, 0.25) is 5.91 Å². The molecule has 1 saturated heterocycles. The molecule has 1 aliphatic rings. The van der Waals surface area contributed by atoms with Crippen molar-refractivity contribution < 1.29 is 4.79 Å². The fourth-order valence-corrected chi connectivity index (χ4v) is 3.82. The molecular weight excluding hydrogens is 324 g/mol. The Kier molecular flexibility index (Phi) is 6.69. The Morgan fingerprint density at radius 3 is 2.62 bits per heavy atom. The van der Waals surface area contributed by atoms with Gasteiger partial charge in [-0.15, -0.1) is 0 Å². The van der Waals surface area contributed by atoms with E-state index in [0.717, 1.165) is 45.6 Å². The van der Waals surface area contributed by atoms with Crippen LogP contribution < -0.4 is 5.32 Å². The van der Waals surface area contributed by atoms with Gasteiger partial charge in [0.05, 0.1) is 0 Å². The first-order valence-corrected chi connectivity index (χ1v) is 9.91. The van der Waals surface area contributed by atoms with Crippen molar-refractivity contribution in [1.82, 2.24) is 19.7 Å². The van der Waals surface area contributed by atoms with Gasteiger partial charge in [0.15, 0.2) is 0 Å². The summed E-state index contributed by atoms with van der Waals surface area (Å²) in [4.78, 5) is 17.2. The van der Waals surface area contributed by atoms with E-state index in [-0.39, 0.29) is 5.91 Å². The standard InChI is InChI=1S/C21H32N4O/c1-3-24-13-15-25(16-14-24)12-6-11-22-21(26)10-9-18-17-23(2)20-8-5-4-7-19(18)20/h4-5,7-8,17H,3,6,9-16H2,1-2H3,(H,22,26). The number of nitrogens with zero attached hydrogens (tertiary/aromatic N) is 3. The summed E-state index contributed by atoms with van der Waals surface area (Å²) in [7, 11) is 2.06. The number of amides is 1. The lowest BCUT2D eigenvalue weighted by atomic mass is 10.1. The molecule has 1 N–H and O–H groups in total. The zero-order valence-corrected chi connectivity index (χ0v) is 16.2. The van der Waals surface area contributed by atoms with E-state index in [2.05, 4.69) is 64.1 Å². The van der Waals surface area contributed by atoms with Gasteiger partial charge >= 0.3 is 0 Å².